The number of anilines is 1. The van der Waals surface area contributed by atoms with Crippen LogP contribution in [0.25, 0.3) is 0 Å². The third-order valence-corrected chi connectivity index (χ3v) is 5.82. The number of para-hydroxylation sites is 1. The van der Waals surface area contributed by atoms with Crippen LogP contribution in [0.3, 0.4) is 0 Å². The number of piperazine rings is 1. The molecule has 0 saturated carbocycles. The molecule has 0 unspecified atom stereocenters. The minimum atomic E-state index is -0.131. The Morgan fingerprint density at radius 3 is 2.27 bits per heavy atom. The Kier molecular flexibility index (Phi) is 7.71. The fourth-order valence-corrected chi connectivity index (χ4v) is 4.00. The van der Waals surface area contributed by atoms with Gasteiger partial charge in [-0.3, -0.25) is 14.6 Å². The number of carbonyl (C=O) groups is 1. The van der Waals surface area contributed by atoms with Gasteiger partial charge in [-0.15, -0.1) is 0 Å². The summed E-state index contributed by atoms with van der Waals surface area (Å²) in [5.74, 6) is 1.67. The predicted octanol–water partition coefficient (Wildman–Crippen LogP) is 3.26. The Bertz CT molecular complexity index is 820. The molecule has 2 aromatic rings. The van der Waals surface area contributed by atoms with Crippen molar-refractivity contribution in [1.82, 2.24) is 9.80 Å². The quantitative estimate of drug-likeness (QED) is 0.667. The Morgan fingerprint density at radius 1 is 1.00 bits per heavy atom. The van der Waals surface area contributed by atoms with Gasteiger partial charge in [0.25, 0.3) is 0 Å². The number of carbonyl (C=O) groups excluding carboxylic acids is 1. The fourth-order valence-electron chi connectivity index (χ4n) is 4.00. The van der Waals surface area contributed by atoms with Crippen LogP contribution in [0.4, 0.5) is 5.69 Å². The second kappa shape index (κ2) is 10.5. The van der Waals surface area contributed by atoms with Gasteiger partial charge in [0.05, 0.1) is 20.3 Å². The van der Waals surface area contributed by atoms with Crippen molar-refractivity contribution in [3.63, 3.8) is 0 Å². The van der Waals surface area contributed by atoms with Crippen molar-refractivity contribution < 1.29 is 14.3 Å². The fraction of sp³-hybridized carbons (Fsp3) is 0.458. The zero-order valence-electron chi connectivity index (χ0n) is 18.5. The van der Waals surface area contributed by atoms with Crippen LogP contribution in [0.5, 0.6) is 11.5 Å². The third-order valence-electron chi connectivity index (χ3n) is 5.82. The molecule has 3 rings (SSSR count). The lowest BCUT2D eigenvalue weighted by molar-refractivity contribution is -0.124. The summed E-state index contributed by atoms with van der Waals surface area (Å²) in [6.45, 7) is 9.22. The van der Waals surface area contributed by atoms with E-state index in [0.717, 1.165) is 49.9 Å². The van der Waals surface area contributed by atoms with E-state index in [1.807, 2.05) is 61.2 Å². The largest absolute Gasteiger partial charge is 0.493 e. The third kappa shape index (κ3) is 5.12. The van der Waals surface area contributed by atoms with Crippen molar-refractivity contribution >= 4 is 11.6 Å². The Balaban J connectivity index is 1.56. The molecule has 1 amide bonds. The van der Waals surface area contributed by atoms with Crippen LogP contribution in [0.2, 0.25) is 0 Å². The second-order valence-corrected chi connectivity index (χ2v) is 7.60. The number of nitrogens with zero attached hydrogens (tertiary/aromatic N) is 3. The number of amides is 1. The molecule has 0 aliphatic carbocycles. The molecule has 6 heteroatoms. The van der Waals surface area contributed by atoms with Crippen molar-refractivity contribution in [3.05, 3.63) is 54.1 Å². The van der Waals surface area contributed by atoms with E-state index < -0.39 is 0 Å². The minimum Gasteiger partial charge on any atom is -0.493 e. The van der Waals surface area contributed by atoms with Crippen molar-refractivity contribution in [1.29, 1.82) is 0 Å². The minimum absolute atomic E-state index is 0.131. The van der Waals surface area contributed by atoms with Crippen LogP contribution in [0, 0.1) is 0 Å². The van der Waals surface area contributed by atoms with Crippen molar-refractivity contribution in [2.45, 2.75) is 26.4 Å². The second-order valence-electron chi connectivity index (χ2n) is 7.60. The van der Waals surface area contributed by atoms with Crippen molar-refractivity contribution in [3.8, 4) is 11.5 Å². The Hall–Kier alpha value is -2.57. The van der Waals surface area contributed by atoms with Gasteiger partial charge in [-0.2, -0.15) is 0 Å². The van der Waals surface area contributed by atoms with Crippen molar-refractivity contribution in [2.75, 3.05) is 51.8 Å². The molecular weight excluding hydrogens is 378 g/mol. The molecule has 2 aromatic carbocycles. The van der Waals surface area contributed by atoms with Gasteiger partial charge in [0.15, 0.2) is 11.5 Å². The molecule has 162 valence electrons. The summed E-state index contributed by atoms with van der Waals surface area (Å²) in [6, 6.07) is 15.9. The Morgan fingerprint density at radius 2 is 1.67 bits per heavy atom. The molecule has 0 N–H and O–H groups in total. The highest BCUT2D eigenvalue weighted by atomic mass is 16.5. The van der Waals surface area contributed by atoms with Crippen LogP contribution in [0.15, 0.2) is 48.5 Å². The number of methoxy groups -OCH3 is 2. The molecule has 6 nitrogen and oxygen atoms in total. The van der Waals surface area contributed by atoms with Gasteiger partial charge in [-0.05, 0) is 43.7 Å². The lowest BCUT2D eigenvalue weighted by Crippen LogP contribution is -2.54. The predicted molar refractivity (Wildman–Crippen MR) is 120 cm³/mol. The van der Waals surface area contributed by atoms with Crippen LogP contribution < -0.4 is 14.4 Å². The standard InChI is InChI=1S/C24H33N3O3/c1-5-27(21-9-7-6-8-10-21)24(28)19(2)26-15-13-25(14-16-26)18-20-11-12-22(29-3)23(17-20)30-4/h6-12,17,19H,5,13-16,18H2,1-4H3/t19-/m0/s1. The number of likely N-dealkylation sites (N-methyl/N-ethyl adjacent to an activating group) is 1. The summed E-state index contributed by atoms with van der Waals surface area (Å²) >= 11 is 0. The molecule has 0 spiro atoms. The average Bonchev–Trinajstić information content (AvgIpc) is 2.80. The topological polar surface area (TPSA) is 45.3 Å². The number of benzene rings is 2. The normalized spacial score (nSPS) is 16.1. The number of hydrogen-bond donors (Lipinski definition) is 0. The molecule has 1 aliphatic heterocycles. The van der Waals surface area contributed by atoms with E-state index in [1.54, 1.807) is 14.2 Å². The smallest absolute Gasteiger partial charge is 0.244 e. The summed E-state index contributed by atoms with van der Waals surface area (Å²) < 4.78 is 10.7. The van der Waals surface area contributed by atoms with E-state index in [-0.39, 0.29) is 11.9 Å². The highest BCUT2D eigenvalue weighted by Gasteiger charge is 2.29. The van der Waals surface area contributed by atoms with E-state index in [1.165, 1.54) is 5.56 Å². The lowest BCUT2D eigenvalue weighted by atomic mass is 10.1. The summed E-state index contributed by atoms with van der Waals surface area (Å²) in [5.41, 5.74) is 2.16. The van der Waals surface area contributed by atoms with Gasteiger partial charge in [0.1, 0.15) is 0 Å². The van der Waals surface area contributed by atoms with Crippen LogP contribution in [0.1, 0.15) is 19.4 Å². The van der Waals surface area contributed by atoms with Crippen LogP contribution in [-0.4, -0.2) is 68.7 Å². The number of rotatable bonds is 8. The summed E-state index contributed by atoms with van der Waals surface area (Å²) in [5, 5.41) is 0. The summed E-state index contributed by atoms with van der Waals surface area (Å²) in [4.78, 5) is 19.7. The van der Waals surface area contributed by atoms with E-state index in [9.17, 15) is 4.79 Å². The molecule has 0 bridgehead atoms. The zero-order valence-corrected chi connectivity index (χ0v) is 18.5. The van der Waals surface area contributed by atoms with Crippen molar-refractivity contribution in [2.24, 2.45) is 0 Å². The van der Waals surface area contributed by atoms with Crippen LogP contribution in [-0.2, 0) is 11.3 Å². The molecule has 0 radical (unpaired) electrons. The molecule has 1 aliphatic rings. The first-order valence-electron chi connectivity index (χ1n) is 10.6. The zero-order chi connectivity index (χ0) is 21.5. The first-order valence-corrected chi connectivity index (χ1v) is 10.6. The molecule has 1 fully saturated rings. The van der Waals surface area contributed by atoms with Gasteiger partial charge in [-0.1, -0.05) is 24.3 Å². The first kappa shape index (κ1) is 22.1. The molecule has 1 atom stereocenters. The molecule has 1 saturated heterocycles. The van der Waals surface area contributed by atoms with Crippen LogP contribution >= 0.6 is 0 Å². The molecule has 0 aromatic heterocycles. The van der Waals surface area contributed by atoms with Gasteiger partial charge in [0.2, 0.25) is 5.91 Å². The maximum Gasteiger partial charge on any atom is 0.244 e. The maximum atomic E-state index is 13.1. The highest BCUT2D eigenvalue weighted by Crippen LogP contribution is 2.28. The molecule has 30 heavy (non-hydrogen) atoms. The van der Waals surface area contributed by atoms with E-state index in [0.29, 0.717) is 6.54 Å². The highest BCUT2D eigenvalue weighted by molar-refractivity contribution is 5.96. The van der Waals surface area contributed by atoms with Gasteiger partial charge in [-0.25, -0.2) is 0 Å². The molecule has 1 heterocycles. The van der Waals surface area contributed by atoms with E-state index in [2.05, 4.69) is 15.9 Å². The maximum absolute atomic E-state index is 13.1. The number of ether oxygens (including phenoxy) is 2. The molecular formula is C24H33N3O3. The van der Waals surface area contributed by atoms with E-state index in [4.69, 9.17) is 9.47 Å². The SMILES string of the molecule is CCN(C(=O)[C@H](C)N1CCN(Cc2ccc(OC)c(OC)c2)CC1)c1ccccc1. The number of hydrogen-bond acceptors (Lipinski definition) is 5. The van der Waals surface area contributed by atoms with Gasteiger partial charge >= 0.3 is 0 Å². The lowest BCUT2D eigenvalue weighted by Gasteiger charge is -2.39. The van der Waals surface area contributed by atoms with E-state index >= 15 is 0 Å². The average molecular weight is 412 g/mol. The monoisotopic (exact) mass is 411 g/mol. The van der Waals surface area contributed by atoms with Gasteiger partial charge < -0.3 is 14.4 Å². The Labute approximate surface area is 180 Å². The first-order chi connectivity index (χ1) is 14.6. The van der Waals surface area contributed by atoms with Gasteiger partial charge in [0, 0.05) is 45.0 Å². The summed E-state index contributed by atoms with van der Waals surface area (Å²) in [6.07, 6.45) is 0. The summed E-state index contributed by atoms with van der Waals surface area (Å²) in [7, 11) is 3.31.